The molecule has 1 N–H and O–H groups in total. The number of hydrogen-bond donors (Lipinski definition) is 1. The highest BCUT2D eigenvalue weighted by molar-refractivity contribution is 5.19. The van der Waals surface area contributed by atoms with Crippen LogP contribution in [-0.2, 0) is 4.74 Å². The van der Waals surface area contributed by atoms with Crippen molar-refractivity contribution in [3.8, 4) is 0 Å². The summed E-state index contributed by atoms with van der Waals surface area (Å²) < 4.78 is 11.2. The van der Waals surface area contributed by atoms with Gasteiger partial charge in [-0.1, -0.05) is 31.2 Å². The second-order valence-electron chi connectivity index (χ2n) is 4.73. The number of aliphatic hydroxyl groups is 1. The minimum absolute atomic E-state index is 0.0369. The van der Waals surface area contributed by atoms with Crippen molar-refractivity contribution < 1.29 is 14.3 Å². The van der Waals surface area contributed by atoms with Gasteiger partial charge in [0.15, 0.2) is 0 Å². The first-order chi connectivity index (χ1) is 8.27. The molecule has 3 heterocycles. The monoisotopic (exact) mass is 232 g/mol. The lowest BCUT2D eigenvalue weighted by atomic mass is 9.82. The Morgan fingerprint density at radius 3 is 2.71 bits per heavy atom. The molecule has 1 aromatic heterocycles. The van der Waals surface area contributed by atoms with E-state index in [1.807, 2.05) is 24.3 Å². The molecule has 1 fully saturated rings. The van der Waals surface area contributed by atoms with Gasteiger partial charge in [-0.25, -0.2) is 0 Å². The standard InChI is InChI=1S/C14H16O3/c1-9-10-5-2-3-6-11(17-10)13(9)14(15)12-7-4-8-16-12/h2-11,13-15H,1H3/t9-,10-,11+,13-,14-/m1/s1. The van der Waals surface area contributed by atoms with Crippen LogP contribution in [0.5, 0.6) is 0 Å². The van der Waals surface area contributed by atoms with Gasteiger partial charge in [0.25, 0.3) is 0 Å². The first kappa shape index (κ1) is 10.8. The van der Waals surface area contributed by atoms with Gasteiger partial charge in [0.2, 0.25) is 0 Å². The Kier molecular flexibility index (Phi) is 2.65. The molecule has 5 atom stereocenters. The largest absolute Gasteiger partial charge is 0.467 e. The first-order valence-corrected chi connectivity index (χ1v) is 5.99. The lowest BCUT2D eigenvalue weighted by molar-refractivity contribution is 0.0343. The highest BCUT2D eigenvalue weighted by Gasteiger charge is 2.44. The number of hydrogen-bond acceptors (Lipinski definition) is 3. The van der Waals surface area contributed by atoms with Gasteiger partial charge < -0.3 is 14.3 Å². The maximum Gasteiger partial charge on any atom is 0.132 e. The normalized spacial score (nSPS) is 37.1. The average Bonchev–Trinajstić information content (AvgIpc) is 2.86. The van der Waals surface area contributed by atoms with E-state index in [1.165, 1.54) is 0 Å². The number of aliphatic hydroxyl groups excluding tert-OH is 1. The molecule has 0 aliphatic carbocycles. The van der Waals surface area contributed by atoms with Crippen molar-refractivity contribution in [3.05, 3.63) is 48.5 Å². The summed E-state index contributed by atoms with van der Waals surface area (Å²) in [6.45, 7) is 2.12. The zero-order chi connectivity index (χ0) is 11.8. The minimum Gasteiger partial charge on any atom is -0.467 e. The van der Waals surface area contributed by atoms with Crippen LogP contribution in [0.1, 0.15) is 18.8 Å². The van der Waals surface area contributed by atoms with Crippen molar-refractivity contribution in [2.45, 2.75) is 25.2 Å². The summed E-state index contributed by atoms with van der Waals surface area (Å²) in [5, 5.41) is 10.4. The van der Waals surface area contributed by atoms with Crippen LogP contribution in [0.2, 0.25) is 0 Å². The van der Waals surface area contributed by atoms with Gasteiger partial charge in [-0.15, -0.1) is 0 Å². The molecule has 1 saturated heterocycles. The van der Waals surface area contributed by atoms with Crippen molar-refractivity contribution >= 4 is 0 Å². The van der Waals surface area contributed by atoms with Crippen molar-refractivity contribution in [1.82, 2.24) is 0 Å². The quantitative estimate of drug-likeness (QED) is 0.851. The maximum atomic E-state index is 10.4. The molecule has 0 radical (unpaired) electrons. The third-order valence-corrected chi connectivity index (χ3v) is 3.73. The zero-order valence-electron chi connectivity index (χ0n) is 9.69. The second-order valence-corrected chi connectivity index (χ2v) is 4.73. The molecule has 3 heteroatoms. The Hall–Kier alpha value is -1.32. The molecule has 0 amide bonds. The molecule has 0 aromatic carbocycles. The van der Waals surface area contributed by atoms with Gasteiger partial charge in [-0.3, -0.25) is 0 Å². The maximum absolute atomic E-state index is 10.4. The van der Waals surface area contributed by atoms with Crippen LogP contribution in [-0.4, -0.2) is 17.3 Å². The predicted octanol–water partition coefficient (Wildman–Crippen LogP) is 2.46. The van der Waals surface area contributed by atoms with Gasteiger partial charge in [0.05, 0.1) is 18.5 Å². The molecule has 3 rings (SSSR count). The molecular formula is C14H16O3. The summed E-state index contributed by atoms with van der Waals surface area (Å²) in [6.07, 6.45) is 9.09. The number of ether oxygens (including phenoxy) is 1. The Labute approximate surface area is 100 Å². The number of furan rings is 1. The van der Waals surface area contributed by atoms with E-state index in [1.54, 1.807) is 12.3 Å². The SMILES string of the molecule is C[C@H]1[C@@H]([C@H](O)c2ccco2)[C@@H]2C=CC=C[C@H]1O2. The van der Waals surface area contributed by atoms with Gasteiger partial charge in [-0.2, -0.15) is 0 Å². The number of allylic oxidation sites excluding steroid dienone is 2. The summed E-state index contributed by atoms with van der Waals surface area (Å²) in [6, 6.07) is 3.61. The topological polar surface area (TPSA) is 42.6 Å². The molecule has 0 saturated carbocycles. The van der Waals surface area contributed by atoms with Gasteiger partial charge in [0, 0.05) is 5.92 Å². The van der Waals surface area contributed by atoms with Crippen LogP contribution in [0.25, 0.3) is 0 Å². The minimum atomic E-state index is -0.605. The van der Waals surface area contributed by atoms with Crippen LogP contribution >= 0.6 is 0 Å². The van der Waals surface area contributed by atoms with Crippen LogP contribution in [0, 0.1) is 11.8 Å². The van der Waals surface area contributed by atoms with Gasteiger partial charge in [0.1, 0.15) is 11.9 Å². The predicted molar refractivity (Wildman–Crippen MR) is 63.3 cm³/mol. The molecular weight excluding hydrogens is 216 g/mol. The smallest absolute Gasteiger partial charge is 0.132 e. The Morgan fingerprint density at radius 1 is 1.24 bits per heavy atom. The van der Waals surface area contributed by atoms with Gasteiger partial charge in [-0.05, 0) is 18.1 Å². The third-order valence-electron chi connectivity index (χ3n) is 3.73. The molecule has 2 aliphatic rings. The van der Waals surface area contributed by atoms with Crippen molar-refractivity contribution in [2.24, 2.45) is 11.8 Å². The Morgan fingerprint density at radius 2 is 2.00 bits per heavy atom. The van der Waals surface area contributed by atoms with E-state index in [4.69, 9.17) is 9.15 Å². The highest BCUT2D eigenvalue weighted by Crippen LogP contribution is 2.42. The summed E-state index contributed by atoms with van der Waals surface area (Å²) in [7, 11) is 0. The first-order valence-electron chi connectivity index (χ1n) is 5.99. The second kappa shape index (κ2) is 4.17. The van der Waals surface area contributed by atoms with Gasteiger partial charge >= 0.3 is 0 Å². The lowest BCUT2D eigenvalue weighted by Crippen LogP contribution is -2.25. The van der Waals surface area contributed by atoms with Crippen LogP contribution < -0.4 is 0 Å². The van der Waals surface area contributed by atoms with Crippen molar-refractivity contribution in [1.29, 1.82) is 0 Å². The van der Waals surface area contributed by atoms with Crippen molar-refractivity contribution in [2.75, 3.05) is 0 Å². The molecule has 1 aromatic rings. The van der Waals surface area contributed by atoms with E-state index >= 15 is 0 Å². The molecule has 0 unspecified atom stereocenters. The van der Waals surface area contributed by atoms with E-state index in [-0.39, 0.29) is 24.0 Å². The molecule has 2 aliphatic heterocycles. The fraction of sp³-hybridized carbons (Fsp3) is 0.429. The van der Waals surface area contributed by atoms with E-state index in [0.29, 0.717) is 5.76 Å². The fourth-order valence-corrected chi connectivity index (χ4v) is 2.77. The molecule has 17 heavy (non-hydrogen) atoms. The molecule has 2 bridgehead atoms. The van der Waals surface area contributed by atoms with Crippen molar-refractivity contribution in [3.63, 3.8) is 0 Å². The molecule has 0 spiro atoms. The summed E-state index contributed by atoms with van der Waals surface area (Å²) in [5.74, 6) is 0.947. The van der Waals surface area contributed by atoms with E-state index in [0.717, 1.165) is 0 Å². The van der Waals surface area contributed by atoms with Crippen LogP contribution in [0.3, 0.4) is 0 Å². The Bertz CT molecular complexity index is 432. The molecule has 90 valence electrons. The van der Waals surface area contributed by atoms with E-state index in [2.05, 4.69) is 13.0 Å². The molecule has 3 nitrogen and oxygen atoms in total. The van der Waals surface area contributed by atoms with Crippen LogP contribution in [0.4, 0.5) is 0 Å². The highest BCUT2D eigenvalue weighted by atomic mass is 16.5. The fourth-order valence-electron chi connectivity index (χ4n) is 2.77. The lowest BCUT2D eigenvalue weighted by Gasteiger charge is -2.23. The van der Waals surface area contributed by atoms with E-state index < -0.39 is 6.10 Å². The number of rotatable bonds is 2. The Balaban J connectivity index is 1.88. The van der Waals surface area contributed by atoms with E-state index in [9.17, 15) is 5.11 Å². The third kappa shape index (κ3) is 1.75. The summed E-state index contributed by atoms with van der Waals surface area (Å²) in [5.41, 5.74) is 0. The summed E-state index contributed by atoms with van der Waals surface area (Å²) >= 11 is 0. The zero-order valence-corrected chi connectivity index (χ0v) is 9.69. The summed E-state index contributed by atoms with van der Waals surface area (Å²) in [4.78, 5) is 0. The average molecular weight is 232 g/mol. The van der Waals surface area contributed by atoms with Crippen LogP contribution in [0.15, 0.2) is 47.1 Å². The number of fused-ring (bicyclic) bond motifs is 2.